The second-order valence-corrected chi connectivity index (χ2v) is 8.63. The highest BCUT2D eigenvalue weighted by Crippen LogP contribution is 2.31. The molecule has 2 heterocycles. The Morgan fingerprint density at radius 1 is 1.10 bits per heavy atom. The molecule has 0 aromatic heterocycles. The fourth-order valence-corrected chi connectivity index (χ4v) is 4.57. The highest BCUT2D eigenvalue weighted by molar-refractivity contribution is 7.92. The number of aliphatic imine (C=N–C) groups is 1. The average molecular weight is 409 g/mol. The van der Waals surface area contributed by atoms with E-state index in [9.17, 15) is 18.0 Å². The predicted octanol–water partition coefficient (Wildman–Crippen LogP) is 2.79. The van der Waals surface area contributed by atoms with Crippen LogP contribution in [0.4, 0.5) is 5.69 Å². The maximum absolute atomic E-state index is 13.0. The molecule has 8 heteroatoms. The number of rotatable bonds is 5. The normalized spacial score (nSPS) is 16.0. The summed E-state index contributed by atoms with van der Waals surface area (Å²) in [6, 6.07) is 11.0. The number of carbonyl (C=O) groups excluding carboxylic acids is 2. The zero-order valence-electron chi connectivity index (χ0n) is 15.8. The maximum atomic E-state index is 13.0. The number of imide groups is 1. The average Bonchev–Trinajstić information content (AvgIpc) is 2.94. The van der Waals surface area contributed by atoms with Gasteiger partial charge in [-0.2, -0.15) is 0 Å². The van der Waals surface area contributed by atoms with Gasteiger partial charge in [-0.3, -0.25) is 24.2 Å². The van der Waals surface area contributed by atoms with Gasteiger partial charge in [0.15, 0.2) is 0 Å². The van der Waals surface area contributed by atoms with Crippen LogP contribution < -0.4 is 4.72 Å². The second-order valence-electron chi connectivity index (χ2n) is 6.95. The predicted molar refractivity (Wildman–Crippen MR) is 110 cm³/mol. The molecule has 1 N–H and O–H groups in total. The lowest BCUT2D eigenvalue weighted by Crippen LogP contribution is -2.32. The van der Waals surface area contributed by atoms with Gasteiger partial charge >= 0.3 is 0 Å². The molecule has 0 atom stereocenters. The molecule has 0 unspecified atom stereocenters. The van der Waals surface area contributed by atoms with E-state index in [4.69, 9.17) is 0 Å². The van der Waals surface area contributed by atoms with Gasteiger partial charge in [0.2, 0.25) is 0 Å². The number of sulfonamides is 1. The van der Waals surface area contributed by atoms with Crippen molar-refractivity contribution in [3.63, 3.8) is 0 Å². The van der Waals surface area contributed by atoms with E-state index in [1.54, 1.807) is 37.4 Å². The Bertz CT molecular complexity index is 1180. The molecular formula is C21H19N3O4S. The molecule has 7 nitrogen and oxygen atoms in total. The zero-order chi connectivity index (χ0) is 20.6. The Labute approximate surface area is 168 Å². The third kappa shape index (κ3) is 3.58. The van der Waals surface area contributed by atoms with Gasteiger partial charge in [-0.05, 0) is 48.7 Å². The molecule has 2 aromatic carbocycles. The van der Waals surface area contributed by atoms with Gasteiger partial charge in [0, 0.05) is 12.8 Å². The van der Waals surface area contributed by atoms with Crippen molar-refractivity contribution in [3.05, 3.63) is 70.8 Å². The molecule has 2 aliphatic rings. The number of aryl methyl sites for hydroxylation is 1. The first-order valence-electron chi connectivity index (χ1n) is 9.14. The minimum absolute atomic E-state index is 0.0714. The van der Waals surface area contributed by atoms with Crippen molar-refractivity contribution < 1.29 is 18.0 Å². The fraction of sp³-hybridized carbons (Fsp3) is 0.190. The van der Waals surface area contributed by atoms with Crippen LogP contribution in [0.5, 0.6) is 0 Å². The van der Waals surface area contributed by atoms with E-state index in [1.807, 2.05) is 6.08 Å². The SMILES string of the molecule is Cc1cccc(S(=O)(=O)Nc2cccc3c2C(=O)N(CC2=CCCN=C2)C3=O)c1. The number of hydrogen-bond acceptors (Lipinski definition) is 5. The molecule has 0 saturated heterocycles. The van der Waals surface area contributed by atoms with Crippen molar-refractivity contribution in [3.8, 4) is 0 Å². The molecule has 0 saturated carbocycles. The molecule has 0 bridgehead atoms. The highest BCUT2D eigenvalue weighted by atomic mass is 32.2. The molecule has 2 amide bonds. The van der Waals surface area contributed by atoms with Crippen LogP contribution in [0.2, 0.25) is 0 Å². The number of benzene rings is 2. The Balaban J connectivity index is 1.67. The van der Waals surface area contributed by atoms with Gasteiger partial charge in [-0.15, -0.1) is 0 Å². The van der Waals surface area contributed by atoms with Gasteiger partial charge in [0.05, 0.1) is 28.3 Å². The third-order valence-corrected chi connectivity index (χ3v) is 6.17. The Morgan fingerprint density at radius 3 is 2.62 bits per heavy atom. The summed E-state index contributed by atoms with van der Waals surface area (Å²) in [5.74, 6) is -0.964. The van der Waals surface area contributed by atoms with E-state index in [0.29, 0.717) is 6.54 Å². The van der Waals surface area contributed by atoms with Crippen molar-refractivity contribution in [1.29, 1.82) is 0 Å². The number of carbonyl (C=O) groups is 2. The smallest absolute Gasteiger partial charge is 0.264 e. The van der Waals surface area contributed by atoms with Gasteiger partial charge in [0.1, 0.15) is 0 Å². The molecule has 2 aromatic rings. The van der Waals surface area contributed by atoms with Crippen molar-refractivity contribution in [2.24, 2.45) is 4.99 Å². The van der Waals surface area contributed by atoms with E-state index in [-0.39, 0.29) is 28.3 Å². The Kier molecular flexibility index (Phi) is 4.79. The van der Waals surface area contributed by atoms with Gasteiger partial charge in [-0.25, -0.2) is 8.42 Å². The van der Waals surface area contributed by atoms with E-state index in [2.05, 4.69) is 9.71 Å². The Morgan fingerprint density at radius 2 is 1.90 bits per heavy atom. The molecule has 29 heavy (non-hydrogen) atoms. The van der Waals surface area contributed by atoms with Crippen LogP contribution >= 0.6 is 0 Å². The highest BCUT2D eigenvalue weighted by Gasteiger charge is 2.38. The first kappa shape index (κ1) is 19.1. The molecule has 0 radical (unpaired) electrons. The number of amides is 2. The number of nitrogens with one attached hydrogen (secondary N) is 1. The van der Waals surface area contributed by atoms with Crippen LogP contribution in [0.1, 0.15) is 32.7 Å². The molecule has 4 rings (SSSR count). The topological polar surface area (TPSA) is 95.9 Å². The number of dihydropyridines is 1. The minimum atomic E-state index is -3.91. The van der Waals surface area contributed by atoms with Crippen LogP contribution in [0.3, 0.4) is 0 Å². The minimum Gasteiger partial charge on any atom is -0.293 e. The summed E-state index contributed by atoms with van der Waals surface area (Å²) in [6.07, 6.45) is 4.36. The quantitative estimate of drug-likeness (QED) is 0.768. The maximum Gasteiger partial charge on any atom is 0.264 e. The lowest BCUT2D eigenvalue weighted by Gasteiger charge is -2.16. The monoisotopic (exact) mass is 409 g/mol. The first-order chi connectivity index (χ1) is 13.9. The third-order valence-electron chi connectivity index (χ3n) is 4.81. The van der Waals surface area contributed by atoms with Gasteiger partial charge in [0.25, 0.3) is 21.8 Å². The second kappa shape index (κ2) is 7.29. The van der Waals surface area contributed by atoms with E-state index < -0.39 is 21.8 Å². The van der Waals surface area contributed by atoms with E-state index >= 15 is 0 Å². The lowest BCUT2D eigenvalue weighted by molar-refractivity contribution is 0.0670. The van der Waals surface area contributed by atoms with Crippen LogP contribution in [-0.2, 0) is 10.0 Å². The van der Waals surface area contributed by atoms with Crippen LogP contribution in [0.15, 0.2) is 64.0 Å². The van der Waals surface area contributed by atoms with Crippen molar-refractivity contribution in [1.82, 2.24) is 4.90 Å². The number of hydrogen-bond donors (Lipinski definition) is 1. The van der Waals surface area contributed by atoms with E-state index in [1.165, 1.54) is 18.2 Å². The van der Waals surface area contributed by atoms with Crippen molar-refractivity contribution in [2.75, 3.05) is 17.8 Å². The summed E-state index contributed by atoms with van der Waals surface area (Å²) < 4.78 is 28.1. The van der Waals surface area contributed by atoms with Crippen LogP contribution in [0.25, 0.3) is 0 Å². The van der Waals surface area contributed by atoms with Crippen molar-refractivity contribution >= 4 is 33.7 Å². The fourth-order valence-electron chi connectivity index (χ4n) is 3.40. The number of fused-ring (bicyclic) bond motifs is 1. The summed E-state index contributed by atoms with van der Waals surface area (Å²) in [6.45, 7) is 2.60. The molecule has 148 valence electrons. The summed E-state index contributed by atoms with van der Waals surface area (Å²) >= 11 is 0. The summed E-state index contributed by atoms with van der Waals surface area (Å²) in [5, 5.41) is 0. The zero-order valence-corrected chi connectivity index (χ0v) is 16.6. The van der Waals surface area contributed by atoms with Crippen molar-refractivity contribution in [2.45, 2.75) is 18.2 Å². The lowest BCUT2D eigenvalue weighted by atomic mass is 10.1. The van der Waals surface area contributed by atoms with E-state index in [0.717, 1.165) is 22.5 Å². The van der Waals surface area contributed by atoms with Crippen LogP contribution in [-0.4, -0.2) is 44.4 Å². The standard InChI is InChI=1S/C21H19N3O4S/c1-14-5-2-7-16(11-14)29(27,28)23-18-9-3-8-17-19(18)21(26)24(20(17)25)13-15-6-4-10-22-12-15/h2-3,5-9,11-12,23H,4,10,13H2,1H3. The number of anilines is 1. The summed E-state index contributed by atoms with van der Waals surface area (Å²) in [4.78, 5) is 31.1. The molecule has 0 aliphatic carbocycles. The molecule has 0 spiro atoms. The van der Waals surface area contributed by atoms with Gasteiger partial charge in [-0.1, -0.05) is 24.3 Å². The summed E-state index contributed by atoms with van der Waals surface area (Å²) in [7, 11) is -3.91. The largest absolute Gasteiger partial charge is 0.293 e. The molecule has 0 fully saturated rings. The molecule has 2 aliphatic heterocycles. The Hall–Kier alpha value is -3.26. The summed E-state index contributed by atoms with van der Waals surface area (Å²) in [5.41, 5.74) is 1.93. The first-order valence-corrected chi connectivity index (χ1v) is 10.6. The van der Waals surface area contributed by atoms with Crippen LogP contribution in [0, 0.1) is 6.92 Å². The molecular weight excluding hydrogens is 390 g/mol. The van der Waals surface area contributed by atoms with Gasteiger partial charge < -0.3 is 0 Å². The number of nitrogens with zero attached hydrogens (tertiary/aromatic N) is 2.